The van der Waals surface area contributed by atoms with Gasteiger partial charge in [-0.1, -0.05) is 0 Å². The number of anilines is 1. The number of benzene rings is 1. The van der Waals surface area contributed by atoms with Gasteiger partial charge in [0.1, 0.15) is 16.5 Å². The van der Waals surface area contributed by atoms with Crippen molar-refractivity contribution in [3.8, 4) is 0 Å². The first kappa shape index (κ1) is 14.4. The number of nitrogens with one attached hydrogen (secondary N) is 1. The van der Waals surface area contributed by atoms with Crippen LogP contribution in [0.4, 0.5) is 14.5 Å². The number of hydrogen-bond donors (Lipinski definition) is 2. The van der Waals surface area contributed by atoms with Crippen LogP contribution < -0.4 is 4.72 Å². The van der Waals surface area contributed by atoms with Crippen LogP contribution in [0.1, 0.15) is 9.67 Å². The van der Waals surface area contributed by atoms with Crippen molar-refractivity contribution < 1.29 is 27.1 Å². The Morgan fingerprint density at radius 3 is 2.55 bits per heavy atom. The molecule has 0 saturated heterocycles. The van der Waals surface area contributed by atoms with E-state index >= 15 is 0 Å². The summed E-state index contributed by atoms with van der Waals surface area (Å²) in [5, 5.41) is 9.82. The normalized spacial score (nSPS) is 11.3. The number of hydrogen-bond acceptors (Lipinski definition) is 4. The molecule has 0 atom stereocenters. The first-order valence-electron chi connectivity index (χ1n) is 5.09. The molecule has 0 aliphatic carbocycles. The smallest absolute Gasteiger partial charge is 0.345 e. The Hall–Kier alpha value is -2.00. The number of aromatic carboxylic acids is 1. The van der Waals surface area contributed by atoms with E-state index in [9.17, 15) is 22.0 Å². The van der Waals surface area contributed by atoms with Crippen LogP contribution in [0.3, 0.4) is 0 Å². The number of halogens is 2. The summed E-state index contributed by atoms with van der Waals surface area (Å²) in [4.78, 5) is 10.2. The van der Waals surface area contributed by atoms with E-state index in [4.69, 9.17) is 5.11 Å². The fourth-order valence-electron chi connectivity index (χ4n) is 1.35. The molecule has 1 aromatic heterocycles. The van der Waals surface area contributed by atoms with Crippen LogP contribution in [0, 0.1) is 11.6 Å². The minimum absolute atomic E-state index is 0.176. The van der Waals surface area contributed by atoms with Crippen LogP contribution in [0.25, 0.3) is 0 Å². The molecular formula is C11H7F2NO4S2. The highest BCUT2D eigenvalue weighted by atomic mass is 32.2. The van der Waals surface area contributed by atoms with Gasteiger partial charge in [0.15, 0.2) is 0 Å². The summed E-state index contributed by atoms with van der Waals surface area (Å²) in [6, 6.07) is 3.26. The molecule has 9 heteroatoms. The van der Waals surface area contributed by atoms with Gasteiger partial charge in [0.05, 0.1) is 10.6 Å². The minimum Gasteiger partial charge on any atom is -0.477 e. The summed E-state index contributed by atoms with van der Waals surface area (Å²) < 4.78 is 52.0. The van der Waals surface area contributed by atoms with E-state index in [1.165, 1.54) is 0 Å². The van der Waals surface area contributed by atoms with E-state index in [1.807, 2.05) is 4.72 Å². The van der Waals surface area contributed by atoms with E-state index in [0.717, 1.165) is 23.6 Å². The number of sulfonamides is 1. The van der Waals surface area contributed by atoms with E-state index in [0.29, 0.717) is 17.4 Å². The molecular weight excluding hydrogens is 312 g/mol. The first-order chi connectivity index (χ1) is 9.29. The van der Waals surface area contributed by atoms with Crippen molar-refractivity contribution in [3.63, 3.8) is 0 Å². The molecule has 2 aromatic rings. The molecule has 0 radical (unpaired) electrons. The van der Waals surface area contributed by atoms with Gasteiger partial charge in [0.25, 0.3) is 10.0 Å². The van der Waals surface area contributed by atoms with E-state index in [2.05, 4.69) is 0 Å². The zero-order valence-corrected chi connectivity index (χ0v) is 11.3. The van der Waals surface area contributed by atoms with Gasteiger partial charge >= 0.3 is 5.97 Å². The first-order valence-corrected chi connectivity index (χ1v) is 7.45. The molecule has 0 aliphatic heterocycles. The van der Waals surface area contributed by atoms with Gasteiger partial charge in [-0.2, -0.15) is 0 Å². The largest absolute Gasteiger partial charge is 0.477 e. The predicted molar refractivity (Wildman–Crippen MR) is 68.4 cm³/mol. The lowest BCUT2D eigenvalue weighted by Gasteiger charge is -2.07. The predicted octanol–water partition coefficient (Wildman–Crippen LogP) is 2.53. The number of thiophene rings is 1. The Bertz CT molecular complexity index is 770. The molecule has 0 bridgehead atoms. The fraction of sp³-hybridized carbons (Fsp3) is 0. The molecule has 0 aliphatic rings. The SMILES string of the molecule is O=C(O)c1cc(S(=O)(=O)Nc2cc(F)ccc2F)cs1. The lowest BCUT2D eigenvalue weighted by atomic mass is 10.3. The van der Waals surface area contributed by atoms with E-state index in [-0.39, 0.29) is 9.77 Å². The Morgan fingerprint density at radius 2 is 1.95 bits per heavy atom. The molecule has 0 amide bonds. The standard InChI is InChI=1S/C11H7F2NO4S2/c12-6-1-2-8(13)9(3-6)14-20(17,18)7-4-10(11(15)16)19-5-7/h1-5,14H,(H,15,16). The van der Waals surface area contributed by atoms with Crippen molar-refractivity contribution in [1.82, 2.24) is 0 Å². The quantitative estimate of drug-likeness (QED) is 0.907. The second kappa shape index (κ2) is 5.17. The van der Waals surface area contributed by atoms with Crippen LogP contribution in [0.15, 0.2) is 34.5 Å². The highest BCUT2D eigenvalue weighted by Gasteiger charge is 2.20. The maximum Gasteiger partial charge on any atom is 0.345 e. The summed E-state index contributed by atoms with van der Waals surface area (Å²) in [6.07, 6.45) is 0. The third-order valence-electron chi connectivity index (χ3n) is 2.27. The number of carboxylic acids is 1. The van der Waals surface area contributed by atoms with Crippen molar-refractivity contribution in [3.05, 3.63) is 46.2 Å². The molecule has 0 saturated carbocycles. The third-order valence-corrected chi connectivity index (χ3v) is 4.68. The van der Waals surface area contributed by atoms with Gasteiger partial charge in [-0.05, 0) is 18.2 Å². The molecule has 5 nitrogen and oxygen atoms in total. The topological polar surface area (TPSA) is 83.5 Å². The summed E-state index contributed by atoms with van der Waals surface area (Å²) in [7, 11) is -4.17. The van der Waals surface area contributed by atoms with E-state index < -0.39 is 33.3 Å². The number of carbonyl (C=O) groups is 1. The van der Waals surface area contributed by atoms with Gasteiger partial charge < -0.3 is 5.11 Å². The molecule has 2 rings (SSSR count). The highest BCUT2D eigenvalue weighted by molar-refractivity contribution is 7.92. The van der Waals surface area contributed by atoms with Crippen molar-refractivity contribution in [2.75, 3.05) is 4.72 Å². The van der Waals surface area contributed by atoms with Crippen molar-refractivity contribution in [2.45, 2.75) is 4.90 Å². The molecule has 1 aromatic carbocycles. The van der Waals surface area contributed by atoms with Crippen LogP contribution in [-0.4, -0.2) is 19.5 Å². The lowest BCUT2D eigenvalue weighted by Crippen LogP contribution is -2.13. The summed E-state index contributed by atoms with van der Waals surface area (Å²) in [6.45, 7) is 0. The Kier molecular flexibility index (Phi) is 3.73. The fourth-order valence-corrected chi connectivity index (χ4v) is 3.52. The molecule has 0 fully saturated rings. The molecule has 0 unspecified atom stereocenters. The highest BCUT2D eigenvalue weighted by Crippen LogP contribution is 2.23. The summed E-state index contributed by atoms with van der Waals surface area (Å²) in [5.41, 5.74) is -0.548. The van der Waals surface area contributed by atoms with E-state index in [1.54, 1.807) is 0 Å². The maximum absolute atomic E-state index is 13.4. The Labute approximate surface area is 116 Å². The second-order valence-electron chi connectivity index (χ2n) is 3.68. The molecule has 0 spiro atoms. The van der Waals surface area contributed by atoms with Crippen LogP contribution in [0.2, 0.25) is 0 Å². The molecule has 106 valence electrons. The molecule has 2 N–H and O–H groups in total. The van der Waals surface area contributed by atoms with Crippen LogP contribution in [0.5, 0.6) is 0 Å². The molecule has 20 heavy (non-hydrogen) atoms. The Balaban J connectivity index is 2.35. The number of carboxylic acid groups (broad SMARTS) is 1. The molecule has 1 heterocycles. The van der Waals surface area contributed by atoms with Crippen LogP contribution >= 0.6 is 11.3 Å². The Morgan fingerprint density at radius 1 is 1.25 bits per heavy atom. The zero-order valence-electron chi connectivity index (χ0n) is 9.63. The monoisotopic (exact) mass is 319 g/mol. The zero-order chi connectivity index (χ0) is 14.9. The average molecular weight is 319 g/mol. The number of rotatable bonds is 4. The van der Waals surface area contributed by atoms with Gasteiger partial charge in [0.2, 0.25) is 0 Å². The van der Waals surface area contributed by atoms with Gasteiger partial charge in [-0.25, -0.2) is 22.0 Å². The second-order valence-corrected chi connectivity index (χ2v) is 6.28. The van der Waals surface area contributed by atoms with Crippen molar-refractivity contribution >= 4 is 33.0 Å². The van der Waals surface area contributed by atoms with Crippen LogP contribution in [-0.2, 0) is 10.0 Å². The van der Waals surface area contributed by atoms with Gasteiger partial charge in [-0.15, -0.1) is 11.3 Å². The summed E-state index contributed by atoms with van der Waals surface area (Å²) in [5.74, 6) is -3.02. The minimum atomic E-state index is -4.17. The summed E-state index contributed by atoms with van der Waals surface area (Å²) >= 11 is 0.716. The average Bonchev–Trinajstić information content (AvgIpc) is 2.84. The third kappa shape index (κ3) is 2.94. The lowest BCUT2D eigenvalue weighted by molar-refractivity contribution is 0.0702. The van der Waals surface area contributed by atoms with Crippen molar-refractivity contribution in [2.24, 2.45) is 0 Å². The van der Waals surface area contributed by atoms with Gasteiger partial charge in [-0.3, -0.25) is 4.72 Å². The van der Waals surface area contributed by atoms with Crippen molar-refractivity contribution in [1.29, 1.82) is 0 Å². The maximum atomic E-state index is 13.4. The van der Waals surface area contributed by atoms with Gasteiger partial charge in [0, 0.05) is 11.4 Å².